The van der Waals surface area contributed by atoms with Gasteiger partial charge in [0, 0.05) is 37.9 Å². The van der Waals surface area contributed by atoms with Crippen LogP contribution in [0.4, 0.5) is 15.8 Å². The highest BCUT2D eigenvalue weighted by atomic mass is 19.1. The molecule has 6 heteroatoms. The number of halogens is 1. The number of hydrogen-bond acceptors (Lipinski definition) is 4. The molecule has 20 heavy (non-hydrogen) atoms. The van der Waals surface area contributed by atoms with E-state index >= 15 is 0 Å². The Balaban J connectivity index is 1.79. The normalized spacial score (nSPS) is 20.1. The van der Waals surface area contributed by atoms with Crippen molar-refractivity contribution in [1.29, 1.82) is 0 Å². The summed E-state index contributed by atoms with van der Waals surface area (Å²) in [6.07, 6.45) is 2.56. The Morgan fingerprint density at radius 2 is 1.85 bits per heavy atom. The van der Waals surface area contributed by atoms with Crippen LogP contribution in [0.1, 0.15) is 23.2 Å². The molecule has 0 spiro atoms. The van der Waals surface area contributed by atoms with Gasteiger partial charge < -0.3 is 16.4 Å². The summed E-state index contributed by atoms with van der Waals surface area (Å²) in [5, 5.41) is 0. The van der Waals surface area contributed by atoms with Crippen LogP contribution in [0, 0.1) is 5.82 Å². The van der Waals surface area contributed by atoms with Gasteiger partial charge in [0.25, 0.3) is 5.91 Å². The smallest absolute Gasteiger partial charge is 0.250 e. The standard InChI is InChI=1S/C14H19FN4O/c15-11-8-12(16)10(14(17)20)7-13(11)19-5-3-18(4-6-19)9-1-2-9/h7-9H,1-6,16H2,(H2,17,20). The minimum absolute atomic E-state index is 0.0929. The number of hydrogen-bond donors (Lipinski definition) is 2. The summed E-state index contributed by atoms with van der Waals surface area (Å²) in [5.41, 5.74) is 11.6. The number of nitrogens with two attached hydrogens (primary N) is 2. The van der Waals surface area contributed by atoms with Gasteiger partial charge in [-0.3, -0.25) is 9.69 Å². The summed E-state index contributed by atoms with van der Waals surface area (Å²) in [6, 6.07) is 3.39. The van der Waals surface area contributed by atoms with E-state index in [9.17, 15) is 9.18 Å². The lowest BCUT2D eigenvalue weighted by atomic mass is 10.1. The molecule has 0 unspecified atom stereocenters. The van der Waals surface area contributed by atoms with Gasteiger partial charge in [-0.15, -0.1) is 0 Å². The molecule has 1 saturated carbocycles. The van der Waals surface area contributed by atoms with Crippen molar-refractivity contribution in [3.8, 4) is 0 Å². The van der Waals surface area contributed by atoms with E-state index in [4.69, 9.17) is 11.5 Å². The minimum atomic E-state index is -0.625. The molecule has 1 aliphatic carbocycles. The minimum Gasteiger partial charge on any atom is -0.398 e. The second-order valence-electron chi connectivity index (χ2n) is 5.51. The molecule has 1 aromatic carbocycles. The van der Waals surface area contributed by atoms with E-state index in [1.165, 1.54) is 25.0 Å². The van der Waals surface area contributed by atoms with Crippen LogP contribution < -0.4 is 16.4 Å². The van der Waals surface area contributed by atoms with Crippen LogP contribution in [0.2, 0.25) is 0 Å². The van der Waals surface area contributed by atoms with Crippen LogP contribution >= 0.6 is 0 Å². The highest BCUT2D eigenvalue weighted by Crippen LogP contribution is 2.30. The molecule has 2 fully saturated rings. The molecule has 0 atom stereocenters. The molecule has 0 aromatic heterocycles. The third-order valence-electron chi connectivity index (χ3n) is 4.10. The topological polar surface area (TPSA) is 75.6 Å². The number of amides is 1. The highest BCUT2D eigenvalue weighted by Gasteiger charge is 2.31. The Bertz CT molecular complexity index is 536. The molecular formula is C14H19FN4O. The Hall–Kier alpha value is -1.82. The number of anilines is 2. The molecule has 0 bridgehead atoms. The predicted octanol–water partition coefficient (Wildman–Crippen LogP) is 0.791. The summed E-state index contributed by atoms with van der Waals surface area (Å²) >= 11 is 0. The molecule has 5 nitrogen and oxygen atoms in total. The Kier molecular flexibility index (Phi) is 3.25. The van der Waals surface area contributed by atoms with E-state index in [0.29, 0.717) is 5.69 Å². The van der Waals surface area contributed by atoms with Gasteiger partial charge in [-0.05, 0) is 25.0 Å². The average molecular weight is 278 g/mol. The molecule has 1 aliphatic heterocycles. The van der Waals surface area contributed by atoms with E-state index in [2.05, 4.69) is 4.90 Å². The third-order valence-corrected chi connectivity index (χ3v) is 4.10. The molecule has 3 rings (SSSR count). The molecule has 1 amide bonds. The number of carbonyl (C=O) groups excluding carboxylic acids is 1. The summed E-state index contributed by atoms with van der Waals surface area (Å²) in [7, 11) is 0. The number of primary amides is 1. The molecule has 2 aliphatic rings. The van der Waals surface area contributed by atoms with Crippen LogP contribution in [-0.2, 0) is 0 Å². The average Bonchev–Trinajstić information content (AvgIpc) is 3.23. The molecule has 0 radical (unpaired) electrons. The highest BCUT2D eigenvalue weighted by molar-refractivity contribution is 5.99. The predicted molar refractivity (Wildman–Crippen MR) is 76.1 cm³/mol. The maximum absolute atomic E-state index is 14.1. The van der Waals surface area contributed by atoms with Gasteiger partial charge in [0.15, 0.2) is 0 Å². The van der Waals surface area contributed by atoms with Crippen LogP contribution in [0.15, 0.2) is 12.1 Å². The van der Waals surface area contributed by atoms with Crippen molar-refractivity contribution >= 4 is 17.3 Å². The fraction of sp³-hybridized carbons (Fsp3) is 0.500. The second-order valence-corrected chi connectivity index (χ2v) is 5.51. The Morgan fingerprint density at radius 3 is 2.40 bits per heavy atom. The van der Waals surface area contributed by atoms with E-state index in [0.717, 1.165) is 32.2 Å². The lowest BCUT2D eigenvalue weighted by Gasteiger charge is -2.36. The van der Waals surface area contributed by atoms with E-state index in [1.54, 1.807) is 0 Å². The van der Waals surface area contributed by atoms with Crippen molar-refractivity contribution in [3.63, 3.8) is 0 Å². The number of piperazine rings is 1. The van der Waals surface area contributed by atoms with E-state index < -0.39 is 11.7 Å². The summed E-state index contributed by atoms with van der Waals surface area (Å²) in [4.78, 5) is 15.7. The maximum atomic E-state index is 14.1. The van der Waals surface area contributed by atoms with Crippen LogP contribution in [-0.4, -0.2) is 43.0 Å². The molecular weight excluding hydrogens is 259 g/mol. The summed E-state index contributed by atoms with van der Waals surface area (Å²) in [5.74, 6) is -1.02. The molecule has 4 N–H and O–H groups in total. The molecule has 1 aromatic rings. The largest absolute Gasteiger partial charge is 0.398 e. The van der Waals surface area contributed by atoms with Gasteiger partial charge >= 0.3 is 0 Å². The fourth-order valence-electron chi connectivity index (χ4n) is 2.80. The fourth-order valence-corrected chi connectivity index (χ4v) is 2.80. The zero-order valence-corrected chi connectivity index (χ0v) is 11.3. The molecule has 1 heterocycles. The van der Waals surface area contributed by atoms with Crippen LogP contribution in [0.3, 0.4) is 0 Å². The van der Waals surface area contributed by atoms with Gasteiger partial charge in [-0.1, -0.05) is 0 Å². The van der Waals surface area contributed by atoms with Gasteiger partial charge in [-0.25, -0.2) is 4.39 Å². The van der Waals surface area contributed by atoms with Crippen LogP contribution in [0.5, 0.6) is 0 Å². The lowest BCUT2D eigenvalue weighted by molar-refractivity contribution is 0.100. The van der Waals surface area contributed by atoms with Crippen molar-refractivity contribution in [1.82, 2.24) is 4.90 Å². The second kappa shape index (κ2) is 4.94. The zero-order valence-electron chi connectivity index (χ0n) is 11.3. The first kappa shape index (κ1) is 13.2. The monoisotopic (exact) mass is 278 g/mol. The van der Waals surface area contributed by atoms with Crippen molar-refractivity contribution in [2.45, 2.75) is 18.9 Å². The van der Waals surface area contributed by atoms with Crippen molar-refractivity contribution in [2.75, 3.05) is 36.8 Å². The van der Waals surface area contributed by atoms with Gasteiger partial charge in [0.2, 0.25) is 0 Å². The third kappa shape index (κ3) is 2.43. The number of carbonyl (C=O) groups is 1. The number of benzene rings is 1. The summed E-state index contributed by atoms with van der Waals surface area (Å²) < 4.78 is 14.1. The lowest BCUT2D eigenvalue weighted by Crippen LogP contribution is -2.47. The summed E-state index contributed by atoms with van der Waals surface area (Å²) in [6.45, 7) is 3.38. The Morgan fingerprint density at radius 1 is 1.20 bits per heavy atom. The quantitative estimate of drug-likeness (QED) is 0.802. The van der Waals surface area contributed by atoms with Crippen molar-refractivity contribution in [2.24, 2.45) is 5.73 Å². The molecule has 1 saturated heterocycles. The SMILES string of the molecule is NC(=O)c1cc(N2CCN(C3CC3)CC2)c(F)cc1N. The first-order chi connectivity index (χ1) is 9.56. The van der Waals surface area contributed by atoms with Crippen LogP contribution in [0.25, 0.3) is 0 Å². The first-order valence-corrected chi connectivity index (χ1v) is 6.94. The number of nitrogens with zero attached hydrogens (tertiary/aromatic N) is 2. The van der Waals surface area contributed by atoms with Crippen molar-refractivity contribution < 1.29 is 9.18 Å². The number of nitrogen functional groups attached to an aromatic ring is 1. The first-order valence-electron chi connectivity index (χ1n) is 6.94. The number of rotatable bonds is 3. The van der Waals surface area contributed by atoms with Gasteiger partial charge in [0.1, 0.15) is 5.82 Å². The zero-order chi connectivity index (χ0) is 14.3. The van der Waals surface area contributed by atoms with Crippen molar-refractivity contribution in [3.05, 3.63) is 23.5 Å². The molecule has 108 valence electrons. The maximum Gasteiger partial charge on any atom is 0.250 e. The van der Waals surface area contributed by atoms with E-state index in [-0.39, 0.29) is 11.3 Å². The van der Waals surface area contributed by atoms with Gasteiger partial charge in [-0.2, -0.15) is 0 Å². The Labute approximate surface area is 117 Å². The van der Waals surface area contributed by atoms with E-state index in [1.807, 2.05) is 4.90 Å². The van der Waals surface area contributed by atoms with Gasteiger partial charge in [0.05, 0.1) is 11.3 Å².